The smallest absolute Gasteiger partial charge is 0.185 e. The second-order valence-corrected chi connectivity index (χ2v) is 3.42. The van der Waals surface area contributed by atoms with E-state index in [1.807, 2.05) is 26.0 Å². The van der Waals surface area contributed by atoms with Crippen molar-refractivity contribution in [3.05, 3.63) is 41.7 Å². The Labute approximate surface area is 84.7 Å². The van der Waals surface area contributed by atoms with Crippen molar-refractivity contribution in [2.24, 2.45) is 0 Å². The summed E-state index contributed by atoms with van der Waals surface area (Å²) in [5, 5.41) is 0. The Morgan fingerprint density at radius 1 is 1.57 bits per heavy atom. The Kier molecular flexibility index (Phi) is 3.57. The molecule has 0 amide bonds. The van der Waals surface area contributed by atoms with E-state index in [0.717, 1.165) is 17.6 Å². The molecular weight excluding hydrogens is 174 g/mol. The van der Waals surface area contributed by atoms with Gasteiger partial charge in [-0.1, -0.05) is 19.1 Å². The maximum atomic E-state index is 11.6. The molecule has 0 bridgehead atoms. The molecule has 0 N–H and O–H groups in total. The normalized spacial score (nSPS) is 9.86. The van der Waals surface area contributed by atoms with E-state index in [1.54, 1.807) is 6.20 Å². The molecule has 0 aliphatic rings. The summed E-state index contributed by atoms with van der Waals surface area (Å²) in [6.07, 6.45) is 2.92. The molecule has 0 aliphatic carbocycles. The molecule has 0 atom stereocenters. The number of allylic oxidation sites excluding steroid dienone is 1. The fraction of sp³-hybridized carbons (Fsp3) is 0.333. The number of carbonyl (C=O) groups is 1. The number of ketones is 1. The van der Waals surface area contributed by atoms with Crippen LogP contribution in [0.3, 0.4) is 0 Å². The zero-order chi connectivity index (χ0) is 10.6. The molecule has 1 aromatic heterocycles. The molecule has 2 heteroatoms. The summed E-state index contributed by atoms with van der Waals surface area (Å²) >= 11 is 0. The lowest BCUT2D eigenvalue weighted by Gasteiger charge is -2.02. The Morgan fingerprint density at radius 3 is 2.86 bits per heavy atom. The molecule has 0 radical (unpaired) electrons. The van der Waals surface area contributed by atoms with E-state index in [0.29, 0.717) is 12.1 Å². The van der Waals surface area contributed by atoms with Crippen LogP contribution < -0.4 is 0 Å². The molecular formula is C12H15NO. The fourth-order valence-corrected chi connectivity index (χ4v) is 1.13. The molecule has 14 heavy (non-hydrogen) atoms. The maximum absolute atomic E-state index is 11.6. The second-order valence-electron chi connectivity index (χ2n) is 3.42. The Balaban J connectivity index is 2.75. The number of hydrogen-bond acceptors (Lipinski definition) is 2. The first-order valence-electron chi connectivity index (χ1n) is 4.76. The molecule has 0 unspecified atom stereocenters. The Morgan fingerprint density at radius 2 is 2.29 bits per heavy atom. The van der Waals surface area contributed by atoms with Crippen LogP contribution in [0.5, 0.6) is 0 Å². The topological polar surface area (TPSA) is 30.0 Å². The number of pyridine rings is 1. The van der Waals surface area contributed by atoms with Gasteiger partial charge in [0.15, 0.2) is 5.78 Å². The minimum Gasteiger partial charge on any atom is -0.292 e. The van der Waals surface area contributed by atoms with Crippen LogP contribution in [0, 0.1) is 6.92 Å². The standard InChI is InChI=1S/C12H15NO/c1-4-9(2)8-12(14)11-7-10(3)5-6-13-11/h5-7H,2,4,8H2,1,3H3. The molecule has 0 fully saturated rings. The summed E-state index contributed by atoms with van der Waals surface area (Å²) in [6.45, 7) is 7.76. The predicted octanol–water partition coefficient (Wildman–Crippen LogP) is 2.93. The summed E-state index contributed by atoms with van der Waals surface area (Å²) in [4.78, 5) is 15.7. The third-order valence-electron chi connectivity index (χ3n) is 2.11. The van der Waals surface area contributed by atoms with Gasteiger partial charge in [0, 0.05) is 12.6 Å². The maximum Gasteiger partial charge on any atom is 0.185 e. The van der Waals surface area contributed by atoms with Crippen LogP contribution in [0.4, 0.5) is 0 Å². The van der Waals surface area contributed by atoms with E-state index in [9.17, 15) is 4.79 Å². The Bertz CT molecular complexity index is 355. The van der Waals surface area contributed by atoms with Gasteiger partial charge < -0.3 is 0 Å². The van der Waals surface area contributed by atoms with Gasteiger partial charge in [-0.15, -0.1) is 0 Å². The van der Waals surface area contributed by atoms with Crippen molar-refractivity contribution in [3.63, 3.8) is 0 Å². The summed E-state index contributed by atoms with van der Waals surface area (Å²) in [5.41, 5.74) is 2.56. The van der Waals surface area contributed by atoms with Crippen molar-refractivity contribution in [1.29, 1.82) is 0 Å². The fourth-order valence-electron chi connectivity index (χ4n) is 1.13. The number of hydrogen-bond donors (Lipinski definition) is 0. The van der Waals surface area contributed by atoms with E-state index in [1.165, 1.54) is 0 Å². The molecule has 74 valence electrons. The van der Waals surface area contributed by atoms with Crippen molar-refractivity contribution in [3.8, 4) is 0 Å². The number of nitrogens with zero attached hydrogens (tertiary/aromatic N) is 1. The number of rotatable bonds is 4. The van der Waals surface area contributed by atoms with Crippen molar-refractivity contribution in [1.82, 2.24) is 4.98 Å². The largest absolute Gasteiger partial charge is 0.292 e. The molecule has 1 heterocycles. The molecule has 2 nitrogen and oxygen atoms in total. The molecule has 0 spiro atoms. The van der Waals surface area contributed by atoms with Crippen molar-refractivity contribution in [2.45, 2.75) is 26.7 Å². The van der Waals surface area contributed by atoms with Crippen molar-refractivity contribution < 1.29 is 4.79 Å². The van der Waals surface area contributed by atoms with Crippen LogP contribution in [0.15, 0.2) is 30.5 Å². The lowest BCUT2D eigenvalue weighted by molar-refractivity contribution is 0.0987. The zero-order valence-corrected chi connectivity index (χ0v) is 8.71. The number of carbonyl (C=O) groups excluding carboxylic acids is 1. The van der Waals surface area contributed by atoms with E-state index in [2.05, 4.69) is 11.6 Å². The lowest BCUT2D eigenvalue weighted by atomic mass is 10.1. The first-order valence-corrected chi connectivity index (χ1v) is 4.76. The minimum atomic E-state index is 0.0561. The predicted molar refractivity (Wildman–Crippen MR) is 57.4 cm³/mol. The van der Waals surface area contributed by atoms with Gasteiger partial charge in [-0.25, -0.2) is 0 Å². The molecule has 0 aromatic carbocycles. The van der Waals surface area contributed by atoms with Gasteiger partial charge in [0.05, 0.1) is 0 Å². The number of Topliss-reactive ketones (excluding diaryl/α,β-unsaturated/α-hetero) is 1. The van der Waals surface area contributed by atoms with Crippen molar-refractivity contribution in [2.75, 3.05) is 0 Å². The second kappa shape index (κ2) is 4.70. The van der Waals surface area contributed by atoms with E-state index in [4.69, 9.17) is 0 Å². The number of aryl methyl sites for hydroxylation is 1. The zero-order valence-electron chi connectivity index (χ0n) is 8.71. The monoisotopic (exact) mass is 189 g/mol. The van der Waals surface area contributed by atoms with Crippen LogP contribution in [0.1, 0.15) is 35.8 Å². The first-order chi connectivity index (χ1) is 6.63. The van der Waals surface area contributed by atoms with Gasteiger partial charge in [-0.2, -0.15) is 0 Å². The molecule has 0 aliphatic heterocycles. The lowest BCUT2D eigenvalue weighted by Crippen LogP contribution is -2.03. The Hall–Kier alpha value is -1.44. The third kappa shape index (κ3) is 2.80. The van der Waals surface area contributed by atoms with Gasteiger partial charge in [-0.3, -0.25) is 9.78 Å². The number of aromatic nitrogens is 1. The van der Waals surface area contributed by atoms with Gasteiger partial charge in [-0.05, 0) is 31.0 Å². The first kappa shape index (κ1) is 10.6. The average Bonchev–Trinajstić information content (AvgIpc) is 2.17. The van der Waals surface area contributed by atoms with Crippen LogP contribution in [0.2, 0.25) is 0 Å². The third-order valence-corrected chi connectivity index (χ3v) is 2.11. The summed E-state index contributed by atoms with van der Waals surface area (Å²) in [5.74, 6) is 0.0561. The van der Waals surface area contributed by atoms with Crippen LogP contribution in [-0.2, 0) is 0 Å². The van der Waals surface area contributed by atoms with Gasteiger partial charge in [0.25, 0.3) is 0 Å². The molecule has 1 rings (SSSR count). The highest BCUT2D eigenvalue weighted by molar-refractivity contribution is 5.95. The van der Waals surface area contributed by atoms with E-state index in [-0.39, 0.29) is 5.78 Å². The van der Waals surface area contributed by atoms with Gasteiger partial charge in [0.1, 0.15) is 5.69 Å². The van der Waals surface area contributed by atoms with Gasteiger partial charge >= 0.3 is 0 Å². The molecule has 1 aromatic rings. The van der Waals surface area contributed by atoms with E-state index >= 15 is 0 Å². The van der Waals surface area contributed by atoms with E-state index < -0.39 is 0 Å². The van der Waals surface area contributed by atoms with Crippen molar-refractivity contribution >= 4 is 5.78 Å². The van der Waals surface area contributed by atoms with Crippen LogP contribution >= 0.6 is 0 Å². The highest BCUT2D eigenvalue weighted by Gasteiger charge is 2.07. The van der Waals surface area contributed by atoms with Crippen LogP contribution in [0.25, 0.3) is 0 Å². The molecule has 0 saturated heterocycles. The quantitative estimate of drug-likeness (QED) is 0.538. The van der Waals surface area contributed by atoms with Crippen LogP contribution in [-0.4, -0.2) is 10.8 Å². The summed E-state index contributed by atoms with van der Waals surface area (Å²) in [7, 11) is 0. The summed E-state index contributed by atoms with van der Waals surface area (Å²) < 4.78 is 0. The summed E-state index contributed by atoms with van der Waals surface area (Å²) in [6, 6.07) is 3.69. The average molecular weight is 189 g/mol. The van der Waals surface area contributed by atoms with Gasteiger partial charge in [0.2, 0.25) is 0 Å². The molecule has 0 saturated carbocycles. The minimum absolute atomic E-state index is 0.0561. The highest BCUT2D eigenvalue weighted by atomic mass is 16.1. The highest BCUT2D eigenvalue weighted by Crippen LogP contribution is 2.09. The SMILES string of the molecule is C=C(CC)CC(=O)c1cc(C)ccn1.